The summed E-state index contributed by atoms with van der Waals surface area (Å²) in [6.07, 6.45) is 20.2. The number of hydrogen-bond acceptors (Lipinski definition) is 11. The molecule has 0 heterocycles. The Balaban J connectivity index is 0.000000128. The molecule has 666 valence electrons. The molecule has 0 aliphatic heterocycles. The molecule has 0 N–H and O–H groups in total. The normalized spacial score (nSPS) is 21.3. The lowest BCUT2D eigenvalue weighted by molar-refractivity contribution is -0.199. The molecule has 129 heavy (non-hydrogen) atoms. The molecule has 0 atom stereocenters. The first-order chi connectivity index (χ1) is 62.4. The van der Waals surface area contributed by atoms with Crippen LogP contribution < -0.4 is 14.2 Å². The van der Waals surface area contributed by atoms with Gasteiger partial charge in [-0.15, -0.1) is 0 Å². The summed E-state index contributed by atoms with van der Waals surface area (Å²) in [5.41, 5.74) is 5.45. The molecule has 0 unspecified atom stereocenters. The number of ether oxygens (including phenoxy) is 6. The number of aryl methyl sites for hydroxylation is 6. The van der Waals surface area contributed by atoms with Crippen molar-refractivity contribution in [2.45, 2.75) is 239 Å². The van der Waals surface area contributed by atoms with Gasteiger partial charge in [0.2, 0.25) is 0 Å². The minimum absolute atomic E-state index is 0.00682. The maximum absolute atomic E-state index is 13.0. The van der Waals surface area contributed by atoms with Gasteiger partial charge in [0.05, 0.1) is 59.7 Å². The first kappa shape index (κ1) is 92.4. The molecule has 0 spiro atoms. The van der Waals surface area contributed by atoms with Gasteiger partial charge in [-0.2, -0.15) is 0 Å². The quantitative estimate of drug-likeness (QED) is 0.0291. The zero-order valence-corrected chi connectivity index (χ0v) is 80.0. The Morgan fingerprint density at radius 3 is 0.899 bits per heavy atom. The maximum Gasteiger partial charge on any atom is 0.344 e. The maximum atomic E-state index is 13.0. The first-order valence-electron chi connectivity index (χ1n) is 46.0. The van der Waals surface area contributed by atoms with Crippen molar-refractivity contribution < 1.29 is 51.2 Å². The van der Waals surface area contributed by atoms with Crippen LogP contribution in [0.5, 0.6) is 17.2 Å². The molecule has 21 rings (SSSR count). The van der Waals surface area contributed by atoms with E-state index in [1.54, 1.807) is 12.1 Å². The van der Waals surface area contributed by atoms with Gasteiger partial charge < -0.3 is 28.4 Å². The average molecular weight is 1820 g/mol. The molecule has 12 aromatic carbocycles. The molecule has 9 aliphatic rings. The van der Waals surface area contributed by atoms with Gasteiger partial charge in [-0.3, -0.25) is 0 Å². The van der Waals surface area contributed by atoms with Crippen molar-refractivity contribution in [3.8, 4) is 17.2 Å². The Morgan fingerprint density at radius 2 is 0.605 bits per heavy atom. The molecule has 16 heteroatoms. The summed E-state index contributed by atoms with van der Waals surface area (Å²) in [7, 11) is -4.10. The van der Waals surface area contributed by atoms with E-state index in [-0.39, 0.29) is 98.1 Å². The van der Waals surface area contributed by atoms with Crippen LogP contribution >= 0.6 is 0 Å². The van der Waals surface area contributed by atoms with Crippen LogP contribution in [-0.4, -0.2) is 69.2 Å². The minimum Gasteiger partial charge on any atom is -0.481 e. The van der Waals surface area contributed by atoms with Gasteiger partial charge in [-0.05, 0) is 334 Å². The third-order valence-corrected chi connectivity index (χ3v) is 37.3. The second kappa shape index (κ2) is 41.7. The second-order valence-electron chi connectivity index (χ2n) is 36.8. The molecule has 0 radical (unpaired) electrons. The second-order valence-corrected chi connectivity index (χ2v) is 46.9. The number of esters is 3. The molecule has 9 aliphatic carbocycles. The highest BCUT2D eigenvalue weighted by Gasteiger charge is 2.57. The van der Waals surface area contributed by atoms with Crippen LogP contribution in [0.4, 0.5) is 0 Å². The van der Waals surface area contributed by atoms with Gasteiger partial charge in [0.25, 0.3) is 0 Å². The van der Waals surface area contributed by atoms with Gasteiger partial charge in [0.1, 0.15) is 36.1 Å². The third kappa shape index (κ3) is 22.3. The lowest BCUT2D eigenvalue weighted by Crippen LogP contribution is -2.57. The van der Waals surface area contributed by atoms with E-state index >= 15 is 0 Å². The minimum atomic E-state index is -3.17. The summed E-state index contributed by atoms with van der Waals surface area (Å²) in [5.74, 6) is 6.49. The van der Waals surface area contributed by atoms with Crippen molar-refractivity contribution in [3.05, 3.63) is 337 Å². The summed E-state index contributed by atoms with van der Waals surface area (Å²) in [4.78, 5) is 53.8. The Kier molecular flexibility index (Phi) is 29.9. The highest BCUT2D eigenvalue weighted by atomic mass is 32.2. The van der Waals surface area contributed by atoms with E-state index in [1.807, 2.05) is 88.4 Å². The van der Waals surface area contributed by atoms with E-state index in [9.17, 15) is 22.8 Å². The lowest BCUT2D eigenvalue weighted by atomic mass is 9.50. The number of benzene rings is 12. The van der Waals surface area contributed by atoms with Crippen molar-refractivity contribution in [3.63, 3.8) is 0 Å². The highest BCUT2D eigenvalue weighted by molar-refractivity contribution is 7.98. The fourth-order valence-electron chi connectivity index (χ4n) is 21.8. The van der Waals surface area contributed by atoms with Gasteiger partial charge in [-0.1, -0.05) is 165 Å². The van der Waals surface area contributed by atoms with Crippen LogP contribution in [0.3, 0.4) is 0 Å². The molecule has 0 amide bonds. The number of sulfone groups is 1. The summed E-state index contributed by atoms with van der Waals surface area (Å²) >= 11 is 0. The van der Waals surface area contributed by atoms with Crippen LogP contribution in [0.2, 0.25) is 0 Å². The van der Waals surface area contributed by atoms with Gasteiger partial charge in [0, 0.05) is 42.7 Å². The van der Waals surface area contributed by atoms with E-state index in [4.69, 9.17) is 28.4 Å². The fourth-order valence-corrected chi connectivity index (χ4v) is 31.3. The molecule has 11 nitrogen and oxygen atoms in total. The zero-order valence-electron chi connectivity index (χ0n) is 75.9. The zero-order chi connectivity index (χ0) is 89.8. The van der Waals surface area contributed by atoms with Crippen LogP contribution in [-0.2, 0) is 82.0 Å². The summed E-state index contributed by atoms with van der Waals surface area (Å²) in [6.45, 7) is 16.7. The van der Waals surface area contributed by atoms with Gasteiger partial charge in [0.15, 0.2) is 75.2 Å². The molecule has 8 bridgehead atoms. The number of hydrogen-bond donors (Lipinski definition) is 0. The van der Waals surface area contributed by atoms with E-state index in [1.165, 1.54) is 124 Å². The van der Waals surface area contributed by atoms with Crippen LogP contribution in [0.25, 0.3) is 0 Å². The molecule has 12 aromatic rings. The topological polar surface area (TPSA) is 141 Å². The Hall–Kier alpha value is -9.88. The van der Waals surface area contributed by atoms with E-state index in [0.29, 0.717) is 28.2 Å². The predicted octanol–water partition coefficient (Wildman–Crippen LogP) is 26.1. The summed E-state index contributed by atoms with van der Waals surface area (Å²) in [6, 6.07) is 105. The van der Waals surface area contributed by atoms with E-state index in [0.717, 1.165) is 112 Å². The average Bonchev–Trinajstić information content (AvgIpc) is 1.60. The highest BCUT2D eigenvalue weighted by Crippen LogP contribution is 2.60. The first-order valence-corrected chi connectivity index (χ1v) is 52.8. The van der Waals surface area contributed by atoms with Crippen molar-refractivity contribution >= 4 is 71.3 Å². The predicted molar refractivity (Wildman–Crippen MR) is 520 cm³/mol. The van der Waals surface area contributed by atoms with Crippen molar-refractivity contribution in [1.29, 1.82) is 0 Å². The van der Waals surface area contributed by atoms with Crippen LogP contribution in [0.15, 0.2) is 367 Å². The summed E-state index contributed by atoms with van der Waals surface area (Å²) < 4.78 is 59.8. The Labute approximate surface area is 776 Å². The standard InChI is InChI=1S/C33H37O3S.C32H35O3S.C29H33O3S.C19H17O2S2/c1-22-14-30(37(28-10-6-4-7-11-28)29-12-8-5-9-13-29)15-23(2)32(22)36-31(34)21-35-33(3)26-17-24-16-25(19-26)20-27(33)18-24;1-22-13-29(36(27-9-5-3-6-10-27)28-11-7-4-8-12-28)14-23(2)31(22)34-21-30(33)35-32-18-24-15-25(19-32)17-26(16-24)20-32;1-4-29(17-11-12-18-29)31-21-27(30)32-28-22(2)19-26(20-23(28)3)33(24-13-7-5-8-14-24)25-15-9-6-10-16-25;1-23(20,21)19-14-12-18(13-15-19)22(16-8-4-2-5-9-16)17-10-6-3-7-11-17/h4-15,24-27H,16-21H2,1-3H3;3-14,24-26H,15-21H2,1-2H3;5-10,13-16,19-20H,4,11-12,17-18,21H2,1-3H3;2-15H,1H3/q4*+1. The molecule has 0 aromatic heterocycles. The SMILES string of the molecule is CCC1(OCC(=O)Oc2c(C)cc([S+](c3ccccc3)c3ccccc3)cc2C)CCCC1.CS(=O)(=O)c1ccc([S+](c2ccccc2)c2ccccc2)cc1.Cc1cc([S+](c2ccccc2)c2ccccc2)cc(C)c1OC(=O)COC1(C)C2CC3CC(C2)CC1C3.Cc1cc([S+](c2ccccc2)c2ccccc2)cc(C)c1OCC(=O)OC12CC3CC(CC(C3)C1)C2. The van der Waals surface area contributed by atoms with E-state index in [2.05, 4.69) is 258 Å². The molecular formula is C113H122O11S5+4. The van der Waals surface area contributed by atoms with Crippen molar-refractivity contribution in [2.24, 2.45) is 41.4 Å². The lowest BCUT2D eigenvalue weighted by Gasteiger charge is -2.59. The molecule has 9 saturated carbocycles. The Bertz CT molecular complexity index is 5610. The van der Waals surface area contributed by atoms with Crippen molar-refractivity contribution in [2.75, 3.05) is 26.1 Å². The largest absolute Gasteiger partial charge is 0.481 e. The third-order valence-electron chi connectivity index (χ3n) is 27.3. The number of carbonyl (C=O) groups excluding carboxylic acids is 3. The molecule has 9 fully saturated rings. The molecule has 0 saturated heterocycles. The van der Waals surface area contributed by atoms with Crippen LogP contribution in [0, 0.1) is 83.0 Å². The molecular weight excluding hydrogens is 1690 g/mol. The Morgan fingerprint density at radius 1 is 0.333 bits per heavy atom. The van der Waals surface area contributed by atoms with Gasteiger partial charge >= 0.3 is 17.9 Å². The van der Waals surface area contributed by atoms with Gasteiger partial charge in [-0.25, -0.2) is 22.8 Å². The monoisotopic (exact) mass is 1810 g/mol. The van der Waals surface area contributed by atoms with E-state index < -0.39 is 9.84 Å². The number of carbonyl (C=O) groups is 3. The van der Waals surface area contributed by atoms with Crippen LogP contribution in [0.1, 0.15) is 150 Å². The number of rotatable bonds is 26. The smallest absolute Gasteiger partial charge is 0.344 e. The fraction of sp³-hybridized carbons (Fsp3) is 0.336. The van der Waals surface area contributed by atoms with Crippen molar-refractivity contribution in [1.82, 2.24) is 0 Å². The summed E-state index contributed by atoms with van der Waals surface area (Å²) in [5, 5.41) is 0.